The molecule has 3 aromatic rings. The van der Waals surface area contributed by atoms with Gasteiger partial charge in [0.2, 0.25) is 0 Å². The van der Waals surface area contributed by atoms with Gasteiger partial charge in [-0.15, -0.1) is 0 Å². The van der Waals surface area contributed by atoms with E-state index in [2.05, 4.69) is 15.3 Å². The Labute approximate surface area is 116 Å². The van der Waals surface area contributed by atoms with Crippen molar-refractivity contribution in [2.45, 2.75) is 6.92 Å². The number of rotatable bonds is 2. The third-order valence-corrected chi connectivity index (χ3v) is 3.12. The number of hydrogen-bond donors (Lipinski definition) is 2. The predicted molar refractivity (Wildman–Crippen MR) is 73.7 cm³/mol. The average Bonchev–Trinajstić information content (AvgIpc) is 2.89. The van der Waals surface area contributed by atoms with Crippen LogP contribution in [0.1, 0.15) is 5.56 Å². The summed E-state index contributed by atoms with van der Waals surface area (Å²) in [6, 6.07) is 4.54. The summed E-state index contributed by atoms with van der Waals surface area (Å²) in [7, 11) is 0. The van der Waals surface area contributed by atoms with Gasteiger partial charge in [-0.3, -0.25) is 29.9 Å². The lowest BCUT2D eigenvalue weighted by molar-refractivity contribution is -0.385. The first-order chi connectivity index (χ1) is 9.97. The summed E-state index contributed by atoms with van der Waals surface area (Å²) < 4.78 is 1.27. The molecule has 0 fully saturated rings. The van der Waals surface area contributed by atoms with Crippen molar-refractivity contribution < 1.29 is 4.92 Å². The molecule has 0 aliphatic rings. The molecule has 2 N–H and O–H groups in total. The summed E-state index contributed by atoms with van der Waals surface area (Å²) in [5.74, 6) is 0. The molecule has 9 heteroatoms. The molecule has 0 spiro atoms. The van der Waals surface area contributed by atoms with E-state index in [0.717, 1.165) is 0 Å². The molecule has 0 aliphatic heterocycles. The molecule has 3 rings (SSSR count). The van der Waals surface area contributed by atoms with E-state index in [0.29, 0.717) is 11.3 Å². The van der Waals surface area contributed by atoms with Crippen LogP contribution in [0.2, 0.25) is 0 Å². The first-order valence-electron chi connectivity index (χ1n) is 5.93. The highest BCUT2D eigenvalue weighted by atomic mass is 16.6. The van der Waals surface area contributed by atoms with E-state index < -0.39 is 16.0 Å². The number of aryl methyl sites for hydroxylation is 1. The number of hydrogen-bond acceptors (Lipinski definition) is 5. The Morgan fingerprint density at radius 2 is 1.95 bits per heavy atom. The fraction of sp³-hybridized carbons (Fsp3) is 0.0833. The van der Waals surface area contributed by atoms with Gasteiger partial charge in [0.15, 0.2) is 5.52 Å². The number of aromatic nitrogens is 4. The lowest BCUT2D eigenvalue weighted by atomic mass is 10.2. The largest absolute Gasteiger partial charge is 0.291 e. The summed E-state index contributed by atoms with van der Waals surface area (Å²) in [4.78, 5) is 33.7. The lowest BCUT2D eigenvalue weighted by Gasteiger charge is -2.02. The van der Waals surface area contributed by atoms with Crippen LogP contribution in [-0.2, 0) is 0 Å². The van der Waals surface area contributed by atoms with Crippen LogP contribution in [0, 0.1) is 17.0 Å². The van der Waals surface area contributed by atoms with Gasteiger partial charge in [0.1, 0.15) is 0 Å². The number of H-pyrrole nitrogens is 2. The zero-order valence-corrected chi connectivity index (χ0v) is 10.8. The van der Waals surface area contributed by atoms with E-state index in [1.807, 2.05) is 0 Å². The summed E-state index contributed by atoms with van der Waals surface area (Å²) in [6.45, 7) is 1.62. The zero-order valence-electron chi connectivity index (χ0n) is 10.8. The Hall–Kier alpha value is -3.23. The maximum atomic E-state index is 11.6. The zero-order chi connectivity index (χ0) is 15.1. The topological polar surface area (TPSA) is 127 Å². The number of nitrogens with zero attached hydrogens (tertiary/aromatic N) is 3. The van der Waals surface area contributed by atoms with Crippen molar-refractivity contribution in [1.29, 1.82) is 0 Å². The van der Waals surface area contributed by atoms with Gasteiger partial charge in [0, 0.05) is 17.8 Å². The normalized spacial score (nSPS) is 10.9. The first-order valence-corrected chi connectivity index (χ1v) is 5.93. The number of nitro groups is 1. The van der Waals surface area contributed by atoms with Gasteiger partial charge in [-0.2, -0.15) is 5.10 Å². The summed E-state index contributed by atoms with van der Waals surface area (Å²) in [5.41, 5.74) is -0.210. The Bertz CT molecular complexity index is 934. The average molecular weight is 287 g/mol. The van der Waals surface area contributed by atoms with Crippen molar-refractivity contribution in [3.63, 3.8) is 0 Å². The van der Waals surface area contributed by atoms with E-state index in [1.54, 1.807) is 19.1 Å². The highest BCUT2D eigenvalue weighted by molar-refractivity contribution is 5.76. The molecule has 0 radical (unpaired) electrons. The fourth-order valence-electron chi connectivity index (χ4n) is 2.02. The maximum absolute atomic E-state index is 11.6. The minimum absolute atomic E-state index is 0.0259. The van der Waals surface area contributed by atoms with E-state index >= 15 is 0 Å². The molecule has 0 saturated heterocycles. The minimum Gasteiger partial charge on any atom is -0.267 e. The van der Waals surface area contributed by atoms with Gasteiger partial charge in [-0.05, 0) is 13.0 Å². The van der Waals surface area contributed by atoms with Gasteiger partial charge in [0.05, 0.1) is 16.0 Å². The van der Waals surface area contributed by atoms with E-state index in [9.17, 15) is 19.7 Å². The van der Waals surface area contributed by atoms with Gasteiger partial charge in [-0.25, -0.2) is 4.68 Å². The summed E-state index contributed by atoms with van der Waals surface area (Å²) >= 11 is 0. The number of aromatic amines is 2. The van der Waals surface area contributed by atoms with E-state index in [-0.39, 0.29) is 16.6 Å². The van der Waals surface area contributed by atoms with E-state index in [4.69, 9.17) is 0 Å². The van der Waals surface area contributed by atoms with Crippen LogP contribution in [0.5, 0.6) is 0 Å². The second-order valence-corrected chi connectivity index (χ2v) is 4.47. The van der Waals surface area contributed by atoms with Crippen LogP contribution in [0.25, 0.3) is 16.6 Å². The molecule has 0 amide bonds. The highest BCUT2D eigenvalue weighted by Crippen LogP contribution is 2.21. The predicted octanol–water partition coefficient (Wildman–Crippen LogP) is 0.619. The van der Waals surface area contributed by atoms with Crippen molar-refractivity contribution in [2.75, 3.05) is 0 Å². The molecule has 2 heterocycles. The number of fused-ring (bicyclic) bond motifs is 1. The number of nitrogens with one attached hydrogen (secondary N) is 2. The Morgan fingerprint density at radius 1 is 1.24 bits per heavy atom. The number of nitro benzene ring substituents is 1. The van der Waals surface area contributed by atoms with Crippen molar-refractivity contribution in [3.8, 4) is 5.69 Å². The molecule has 1 aromatic carbocycles. The van der Waals surface area contributed by atoms with Crippen LogP contribution in [0.15, 0.2) is 34.0 Å². The molecule has 0 atom stereocenters. The molecule has 2 aromatic heterocycles. The molecule has 0 bridgehead atoms. The fourth-order valence-corrected chi connectivity index (χ4v) is 2.02. The van der Waals surface area contributed by atoms with Crippen molar-refractivity contribution in [1.82, 2.24) is 20.0 Å². The standard InChI is InChI=1S/C12H9N5O4/c1-6-2-3-7(4-9(6)17(20)21)16-5-8-10(15-16)12(19)14-13-11(8)18/h2-5H,1H3,(H,13,18)(H,14,19). The molecule has 0 saturated carbocycles. The quantitative estimate of drug-likeness (QED) is 0.527. The van der Waals surface area contributed by atoms with Gasteiger partial charge in [0.25, 0.3) is 16.8 Å². The van der Waals surface area contributed by atoms with Crippen LogP contribution in [0.4, 0.5) is 5.69 Å². The monoisotopic (exact) mass is 287 g/mol. The molecule has 106 valence electrons. The summed E-state index contributed by atoms with van der Waals surface area (Å²) in [6.07, 6.45) is 1.36. The third-order valence-electron chi connectivity index (χ3n) is 3.12. The summed E-state index contributed by atoms with van der Waals surface area (Å²) in [5, 5.41) is 19.4. The molecular formula is C12H9N5O4. The van der Waals surface area contributed by atoms with Crippen molar-refractivity contribution in [3.05, 3.63) is 60.8 Å². The first kappa shape index (κ1) is 12.8. The van der Waals surface area contributed by atoms with Crippen LogP contribution in [-0.4, -0.2) is 24.9 Å². The van der Waals surface area contributed by atoms with Gasteiger partial charge >= 0.3 is 0 Å². The van der Waals surface area contributed by atoms with Gasteiger partial charge < -0.3 is 0 Å². The van der Waals surface area contributed by atoms with Crippen LogP contribution >= 0.6 is 0 Å². The molecule has 9 nitrogen and oxygen atoms in total. The molecule has 0 unspecified atom stereocenters. The SMILES string of the molecule is Cc1ccc(-n2cc3c(=O)[nH][nH]c(=O)c3n2)cc1[N+](=O)[O-]. The molecule has 21 heavy (non-hydrogen) atoms. The minimum atomic E-state index is -0.537. The van der Waals surface area contributed by atoms with Crippen molar-refractivity contribution >= 4 is 16.6 Å². The lowest BCUT2D eigenvalue weighted by Crippen LogP contribution is -2.18. The third kappa shape index (κ3) is 2.00. The van der Waals surface area contributed by atoms with Gasteiger partial charge in [-0.1, -0.05) is 6.07 Å². The number of benzene rings is 1. The van der Waals surface area contributed by atoms with Crippen molar-refractivity contribution in [2.24, 2.45) is 0 Å². The Kier molecular flexibility index (Phi) is 2.68. The maximum Gasteiger partial charge on any atom is 0.291 e. The smallest absolute Gasteiger partial charge is 0.267 e. The van der Waals surface area contributed by atoms with Crippen LogP contribution in [0.3, 0.4) is 0 Å². The Morgan fingerprint density at radius 3 is 2.62 bits per heavy atom. The highest BCUT2D eigenvalue weighted by Gasteiger charge is 2.14. The van der Waals surface area contributed by atoms with E-state index in [1.165, 1.54) is 16.9 Å². The van der Waals surface area contributed by atoms with Crippen LogP contribution < -0.4 is 11.1 Å². The molecular weight excluding hydrogens is 278 g/mol. The second kappa shape index (κ2) is 4.40. The second-order valence-electron chi connectivity index (χ2n) is 4.47. The molecule has 0 aliphatic carbocycles. The Balaban J connectivity index is 2.26.